The molecule has 5 rings (SSSR count). The van der Waals surface area contributed by atoms with Crippen LogP contribution < -0.4 is 4.90 Å². The normalized spacial score (nSPS) is 15.2. The number of aromatic nitrogens is 3. The van der Waals surface area contributed by atoms with Crippen LogP contribution in [-0.4, -0.2) is 32.5 Å². The fourth-order valence-corrected chi connectivity index (χ4v) is 5.06. The molecule has 1 aliphatic rings. The fourth-order valence-electron chi connectivity index (χ4n) is 4.26. The number of benzene rings is 2. The summed E-state index contributed by atoms with van der Waals surface area (Å²) in [5, 5.41) is 9.60. The van der Waals surface area contributed by atoms with Crippen molar-refractivity contribution in [3.8, 4) is 11.4 Å². The van der Waals surface area contributed by atoms with Gasteiger partial charge in [-0.2, -0.15) is 0 Å². The van der Waals surface area contributed by atoms with Gasteiger partial charge in [0.15, 0.2) is 11.0 Å². The first kappa shape index (κ1) is 20.6. The van der Waals surface area contributed by atoms with Crippen LogP contribution in [0.4, 0.5) is 5.69 Å². The van der Waals surface area contributed by atoms with Crippen molar-refractivity contribution in [2.45, 2.75) is 38.0 Å². The van der Waals surface area contributed by atoms with Gasteiger partial charge in [-0.1, -0.05) is 60.3 Å². The summed E-state index contributed by atoms with van der Waals surface area (Å²) in [7, 11) is 0. The molecule has 0 radical (unpaired) electrons. The van der Waals surface area contributed by atoms with Crippen LogP contribution in [0.1, 0.15) is 23.8 Å². The molecule has 0 saturated heterocycles. The van der Waals surface area contributed by atoms with Crippen molar-refractivity contribution in [2.75, 3.05) is 10.7 Å². The number of para-hydroxylation sites is 1. The summed E-state index contributed by atoms with van der Waals surface area (Å²) in [5.74, 6) is 1.93. The molecular weight excluding hydrogens is 420 g/mol. The van der Waals surface area contributed by atoms with Crippen LogP contribution in [0, 0.1) is 6.92 Å². The van der Waals surface area contributed by atoms with Crippen molar-refractivity contribution in [2.24, 2.45) is 0 Å². The summed E-state index contributed by atoms with van der Waals surface area (Å²) < 4.78 is 7.56. The zero-order chi connectivity index (χ0) is 22.1. The number of rotatable bonds is 6. The number of aryl methyl sites for hydroxylation is 1. The van der Waals surface area contributed by atoms with E-state index in [0.29, 0.717) is 12.3 Å². The van der Waals surface area contributed by atoms with Gasteiger partial charge in [-0.3, -0.25) is 9.36 Å². The molecule has 0 saturated carbocycles. The molecule has 0 spiro atoms. The van der Waals surface area contributed by atoms with Crippen molar-refractivity contribution >= 4 is 23.4 Å². The van der Waals surface area contributed by atoms with E-state index in [-0.39, 0.29) is 11.9 Å². The van der Waals surface area contributed by atoms with Gasteiger partial charge < -0.3 is 9.32 Å². The maximum Gasteiger partial charge on any atom is 0.237 e. The first-order valence-electron chi connectivity index (χ1n) is 10.7. The fraction of sp³-hybridized carbons (Fsp3) is 0.240. The third kappa shape index (κ3) is 3.84. The molecule has 0 bridgehead atoms. The van der Waals surface area contributed by atoms with E-state index in [1.54, 1.807) is 6.26 Å². The quantitative estimate of drug-likeness (QED) is 0.393. The van der Waals surface area contributed by atoms with E-state index in [4.69, 9.17) is 4.42 Å². The molecule has 162 valence electrons. The lowest BCUT2D eigenvalue weighted by Crippen LogP contribution is -2.37. The first-order chi connectivity index (χ1) is 15.6. The predicted molar refractivity (Wildman–Crippen MR) is 126 cm³/mol. The molecule has 1 unspecified atom stereocenters. The van der Waals surface area contributed by atoms with Crippen molar-refractivity contribution in [3.63, 3.8) is 0 Å². The van der Waals surface area contributed by atoms with Gasteiger partial charge in [0, 0.05) is 11.7 Å². The highest BCUT2D eigenvalue weighted by Gasteiger charge is 2.30. The maximum absolute atomic E-state index is 13.2. The van der Waals surface area contributed by atoms with Gasteiger partial charge in [0.1, 0.15) is 5.76 Å². The summed E-state index contributed by atoms with van der Waals surface area (Å²) >= 11 is 1.43. The molecule has 2 aromatic carbocycles. The Morgan fingerprint density at radius 2 is 1.88 bits per heavy atom. The molecule has 0 fully saturated rings. The number of furan rings is 1. The number of hydrogen-bond donors (Lipinski definition) is 0. The zero-order valence-corrected chi connectivity index (χ0v) is 18.9. The number of thioether (sulfide) groups is 1. The number of hydrogen-bond acceptors (Lipinski definition) is 5. The lowest BCUT2D eigenvalue weighted by Gasteiger charge is -2.22. The standard InChI is InChI=1S/C25H24N4O2S/c1-17-14-20-10-6-7-11-22(20)29(17)23(30)16-32-25-27-26-24(21-12-13-31-18(21)2)28(25)15-19-8-4-3-5-9-19/h3-13,17H,14-16H2,1-2H3. The third-order valence-electron chi connectivity index (χ3n) is 5.80. The minimum absolute atomic E-state index is 0.0859. The van der Waals surface area contributed by atoms with Crippen LogP contribution in [0.2, 0.25) is 0 Å². The monoisotopic (exact) mass is 444 g/mol. The van der Waals surface area contributed by atoms with Crippen molar-refractivity contribution in [1.82, 2.24) is 14.8 Å². The molecule has 1 aliphatic heterocycles. The van der Waals surface area contributed by atoms with Gasteiger partial charge in [0.05, 0.1) is 24.1 Å². The van der Waals surface area contributed by atoms with Gasteiger partial charge >= 0.3 is 0 Å². The summed E-state index contributed by atoms with van der Waals surface area (Å²) in [6, 6.07) is 20.4. The van der Waals surface area contributed by atoms with Gasteiger partial charge in [-0.05, 0) is 43.5 Å². The lowest BCUT2D eigenvalue weighted by molar-refractivity contribution is -0.116. The highest BCUT2D eigenvalue weighted by atomic mass is 32.2. The molecular formula is C25H24N4O2S. The number of carbonyl (C=O) groups is 1. The molecule has 1 amide bonds. The minimum Gasteiger partial charge on any atom is -0.469 e. The van der Waals surface area contributed by atoms with Crippen LogP contribution in [0.5, 0.6) is 0 Å². The average molecular weight is 445 g/mol. The van der Waals surface area contributed by atoms with Gasteiger partial charge in [0.2, 0.25) is 5.91 Å². The second-order valence-electron chi connectivity index (χ2n) is 8.00. The van der Waals surface area contributed by atoms with Crippen molar-refractivity contribution in [1.29, 1.82) is 0 Å². The third-order valence-corrected chi connectivity index (χ3v) is 6.75. The highest BCUT2D eigenvalue weighted by Crippen LogP contribution is 2.33. The Kier molecular flexibility index (Phi) is 5.57. The number of fused-ring (bicyclic) bond motifs is 1. The summed E-state index contributed by atoms with van der Waals surface area (Å²) in [4.78, 5) is 15.1. The van der Waals surface area contributed by atoms with E-state index in [1.165, 1.54) is 17.3 Å². The molecule has 4 aromatic rings. The van der Waals surface area contributed by atoms with E-state index < -0.39 is 0 Å². The summed E-state index contributed by atoms with van der Waals surface area (Å²) in [6.45, 7) is 4.63. The molecule has 0 N–H and O–H groups in total. The number of nitrogens with zero attached hydrogens (tertiary/aromatic N) is 4. The number of anilines is 1. The van der Waals surface area contributed by atoms with Crippen LogP contribution >= 0.6 is 11.8 Å². The molecule has 2 aromatic heterocycles. The van der Waals surface area contributed by atoms with Crippen molar-refractivity contribution in [3.05, 3.63) is 83.8 Å². The van der Waals surface area contributed by atoms with Crippen LogP contribution in [-0.2, 0) is 17.8 Å². The minimum atomic E-state index is 0.0859. The number of amides is 1. The largest absolute Gasteiger partial charge is 0.469 e. The van der Waals surface area contributed by atoms with E-state index >= 15 is 0 Å². The van der Waals surface area contributed by atoms with E-state index in [0.717, 1.165) is 40.0 Å². The van der Waals surface area contributed by atoms with Gasteiger partial charge in [0.25, 0.3) is 0 Å². The lowest BCUT2D eigenvalue weighted by atomic mass is 10.1. The number of carbonyl (C=O) groups excluding carboxylic acids is 1. The first-order valence-corrected chi connectivity index (χ1v) is 11.6. The Balaban J connectivity index is 1.41. The van der Waals surface area contributed by atoms with Crippen molar-refractivity contribution < 1.29 is 9.21 Å². The SMILES string of the molecule is Cc1occc1-c1nnc(SCC(=O)N2c3ccccc3CC2C)n1Cc1ccccc1. The van der Waals surface area contributed by atoms with Gasteiger partial charge in [-0.15, -0.1) is 10.2 Å². The predicted octanol–water partition coefficient (Wildman–Crippen LogP) is 4.96. The molecule has 6 nitrogen and oxygen atoms in total. The second-order valence-corrected chi connectivity index (χ2v) is 8.95. The Labute approximate surface area is 191 Å². The van der Waals surface area contributed by atoms with E-state index in [9.17, 15) is 4.79 Å². The second kappa shape index (κ2) is 8.67. The maximum atomic E-state index is 13.2. The Bertz CT molecular complexity index is 1250. The Hall–Kier alpha value is -3.32. The average Bonchev–Trinajstić information content (AvgIpc) is 3.49. The zero-order valence-electron chi connectivity index (χ0n) is 18.1. The van der Waals surface area contributed by atoms with Crippen LogP contribution in [0.3, 0.4) is 0 Å². The smallest absolute Gasteiger partial charge is 0.237 e. The molecule has 1 atom stereocenters. The molecule has 3 heterocycles. The summed E-state index contributed by atoms with van der Waals surface area (Å²) in [6.07, 6.45) is 2.55. The topological polar surface area (TPSA) is 64.2 Å². The highest BCUT2D eigenvalue weighted by molar-refractivity contribution is 7.99. The van der Waals surface area contributed by atoms with Crippen LogP contribution in [0.25, 0.3) is 11.4 Å². The molecule has 0 aliphatic carbocycles. The Morgan fingerprint density at radius 1 is 1.09 bits per heavy atom. The molecule has 32 heavy (non-hydrogen) atoms. The Morgan fingerprint density at radius 3 is 2.66 bits per heavy atom. The van der Waals surface area contributed by atoms with E-state index in [2.05, 4.69) is 39.9 Å². The molecule has 7 heteroatoms. The van der Waals surface area contributed by atoms with E-state index in [1.807, 2.05) is 54.3 Å². The van der Waals surface area contributed by atoms with Crippen LogP contribution in [0.15, 0.2) is 76.5 Å². The summed E-state index contributed by atoms with van der Waals surface area (Å²) in [5.41, 5.74) is 4.30. The van der Waals surface area contributed by atoms with Gasteiger partial charge in [-0.25, -0.2) is 0 Å².